The van der Waals surface area contributed by atoms with Gasteiger partial charge in [-0.3, -0.25) is 4.79 Å². The van der Waals surface area contributed by atoms with E-state index in [-0.39, 0.29) is 0 Å². The summed E-state index contributed by atoms with van der Waals surface area (Å²) in [5, 5.41) is 13.0. The zero-order valence-electron chi connectivity index (χ0n) is 12.9. The molecule has 1 unspecified atom stereocenters. The van der Waals surface area contributed by atoms with E-state index >= 15 is 0 Å². The summed E-state index contributed by atoms with van der Waals surface area (Å²) in [7, 11) is 0. The maximum absolute atomic E-state index is 11.7. The molecule has 5 nitrogen and oxygen atoms in total. The third-order valence-electron chi connectivity index (χ3n) is 3.68. The van der Waals surface area contributed by atoms with Gasteiger partial charge in [0.15, 0.2) is 0 Å². The largest absolute Gasteiger partial charge is 0.368 e. The number of rotatable bonds is 6. The van der Waals surface area contributed by atoms with Crippen LogP contribution in [0.25, 0.3) is 10.2 Å². The van der Waals surface area contributed by atoms with E-state index in [1.807, 2.05) is 24.3 Å². The van der Waals surface area contributed by atoms with Crippen molar-refractivity contribution >= 4 is 27.5 Å². The Labute approximate surface area is 143 Å². The molecule has 3 aromatic rings. The van der Waals surface area contributed by atoms with Crippen molar-refractivity contribution < 1.29 is 4.79 Å². The van der Waals surface area contributed by atoms with Gasteiger partial charge in [0.1, 0.15) is 6.04 Å². The van der Waals surface area contributed by atoms with E-state index in [0.29, 0.717) is 12.1 Å². The third kappa shape index (κ3) is 3.59. The zero-order chi connectivity index (χ0) is 16.9. The lowest BCUT2D eigenvalue weighted by Gasteiger charge is -2.15. The molecule has 3 N–H and O–H groups in total. The van der Waals surface area contributed by atoms with Crippen LogP contribution < -0.4 is 11.1 Å². The van der Waals surface area contributed by atoms with Crippen molar-refractivity contribution in [1.82, 2.24) is 10.3 Å². The van der Waals surface area contributed by atoms with E-state index in [1.54, 1.807) is 35.6 Å². The van der Waals surface area contributed by atoms with Crippen LogP contribution in [-0.4, -0.2) is 17.4 Å². The van der Waals surface area contributed by atoms with Crippen molar-refractivity contribution in [3.63, 3.8) is 0 Å². The normalized spacial score (nSPS) is 12.0. The highest BCUT2D eigenvalue weighted by Gasteiger charge is 2.17. The maximum Gasteiger partial charge on any atom is 0.239 e. The molecule has 0 aliphatic rings. The Hall–Kier alpha value is -2.75. The van der Waals surface area contributed by atoms with Crippen LogP contribution in [0.1, 0.15) is 22.2 Å². The number of nitriles is 1. The first-order chi connectivity index (χ1) is 11.7. The van der Waals surface area contributed by atoms with Gasteiger partial charge < -0.3 is 11.1 Å². The van der Waals surface area contributed by atoms with E-state index in [0.717, 1.165) is 27.2 Å². The molecule has 0 saturated carbocycles. The number of nitrogens with one attached hydrogen (secondary N) is 1. The molecule has 24 heavy (non-hydrogen) atoms. The monoisotopic (exact) mass is 336 g/mol. The molecular weight excluding hydrogens is 320 g/mol. The highest BCUT2D eigenvalue weighted by Crippen LogP contribution is 2.22. The number of nitrogens with two attached hydrogens (primary N) is 1. The fraction of sp³-hybridized carbons (Fsp3) is 0.167. The Morgan fingerprint density at radius 2 is 2.00 bits per heavy atom. The van der Waals surface area contributed by atoms with Crippen LogP contribution >= 0.6 is 11.3 Å². The number of hydrogen-bond donors (Lipinski definition) is 2. The summed E-state index contributed by atoms with van der Waals surface area (Å²) in [6, 6.07) is 16.3. The van der Waals surface area contributed by atoms with Gasteiger partial charge in [-0.2, -0.15) is 5.26 Å². The molecule has 0 bridgehead atoms. The molecule has 0 saturated heterocycles. The van der Waals surface area contributed by atoms with Gasteiger partial charge in [0.05, 0.1) is 26.9 Å². The summed E-state index contributed by atoms with van der Waals surface area (Å²) < 4.78 is 1.16. The van der Waals surface area contributed by atoms with Crippen LogP contribution in [0.5, 0.6) is 0 Å². The Kier molecular flexibility index (Phi) is 4.85. The standard InChI is InChI=1S/C18H16N4OS/c19-11-12-5-7-13(8-6-12)17(18(20)23)21-10-9-16-22-14-3-1-2-4-15(14)24-16/h1-8,17,21H,9-10H2,(H2,20,23). The van der Waals surface area contributed by atoms with Crippen molar-refractivity contribution in [1.29, 1.82) is 5.26 Å². The number of benzene rings is 2. The maximum atomic E-state index is 11.7. The van der Waals surface area contributed by atoms with Crippen LogP contribution in [0.15, 0.2) is 48.5 Å². The SMILES string of the molecule is N#Cc1ccc(C(NCCc2nc3ccccc3s2)C(N)=O)cc1. The van der Waals surface area contributed by atoms with Gasteiger partial charge in [0, 0.05) is 13.0 Å². The third-order valence-corrected chi connectivity index (χ3v) is 4.78. The molecule has 0 aliphatic heterocycles. The predicted molar refractivity (Wildman–Crippen MR) is 94.4 cm³/mol. The van der Waals surface area contributed by atoms with E-state index in [1.165, 1.54) is 0 Å². The number of fused-ring (bicyclic) bond motifs is 1. The second-order valence-corrected chi connectivity index (χ2v) is 6.46. The number of para-hydroxylation sites is 1. The van der Waals surface area contributed by atoms with Crippen LogP contribution in [0.3, 0.4) is 0 Å². The summed E-state index contributed by atoms with van der Waals surface area (Å²) in [4.78, 5) is 16.3. The minimum atomic E-state index is -0.577. The molecule has 1 atom stereocenters. The quantitative estimate of drug-likeness (QED) is 0.723. The lowest BCUT2D eigenvalue weighted by Crippen LogP contribution is -2.34. The van der Waals surface area contributed by atoms with Gasteiger partial charge in [0.25, 0.3) is 0 Å². The summed E-state index contributed by atoms with van der Waals surface area (Å²) in [5.41, 5.74) is 7.80. The first-order valence-corrected chi connectivity index (χ1v) is 8.36. The fourth-order valence-corrected chi connectivity index (χ4v) is 3.45. The molecule has 0 fully saturated rings. The van der Waals surface area contributed by atoms with Crippen molar-refractivity contribution in [3.05, 3.63) is 64.7 Å². The number of carbonyl (C=O) groups is 1. The summed E-state index contributed by atoms with van der Waals surface area (Å²) >= 11 is 1.65. The van der Waals surface area contributed by atoms with Gasteiger partial charge in [-0.25, -0.2) is 4.98 Å². The molecule has 6 heteroatoms. The summed E-state index contributed by atoms with van der Waals surface area (Å²) in [6.07, 6.45) is 0.722. The molecule has 0 spiro atoms. The van der Waals surface area contributed by atoms with Crippen molar-refractivity contribution in [2.75, 3.05) is 6.54 Å². The fourth-order valence-electron chi connectivity index (χ4n) is 2.48. The van der Waals surface area contributed by atoms with Gasteiger partial charge in [-0.1, -0.05) is 24.3 Å². The number of primary amides is 1. The zero-order valence-corrected chi connectivity index (χ0v) is 13.7. The number of amides is 1. The minimum absolute atomic E-state index is 0.441. The first kappa shape index (κ1) is 16.1. The van der Waals surface area contributed by atoms with Crippen LogP contribution in [0, 0.1) is 11.3 Å². The second-order valence-electron chi connectivity index (χ2n) is 5.35. The highest BCUT2D eigenvalue weighted by atomic mass is 32.1. The lowest BCUT2D eigenvalue weighted by atomic mass is 10.0. The van der Waals surface area contributed by atoms with Gasteiger partial charge in [0.2, 0.25) is 5.91 Å². The first-order valence-electron chi connectivity index (χ1n) is 7.54. The van der Waals surface area contributed by atoms with Crippen molar-refractivity contribution in [2.45, 2.75) is 12.5 Å². The van der Waals surface area contributed by atoms with Gasteiger partial charge in [-0.05, 0) is 29.8 Å². The smallest absolute Gasteiger partial charge is 0.239 e. The number of thiazole rings is 1. The number of aromatic nitrogens is 1. The van der Waals surface area contributed by atoms with Crippen LogP contribution in [-0.2, 0) is 11.2 Å². The molecule has 0 aliphatic carbocycles. The van der Waals surface area contributed by atoms with Gasteiger partial charge >= 0.3 is 0 Å². The Bertz CT molecular complexity index is 862. The highest BCUT2D eigenvalue weighted by molar-refractivity contribution is 7.18. The van der Waals surface area contributed by atoms with Crippen molar-refractivity contribution in [3.8, 4) is 6.07 Å². The van der Waals surface area contributed by atoms with E-state index < -0.39 is 11.9 Å². The Balaban J connectivity index is 1.65. The molecule has 120 valence electrons. The van der Waals surface area contributed by atoms with E-state index in [9.17, 15) is 4.79 Å². The number of hydrogen-bond acceptors (Lipinski definition) is 5. The molecule has 0 radical (unpaired) electrons. The van der Waals surface area contributed by atoms with Crippen LogP contribution in [0.4, 0.5) is 0 Å². The lowest BCUT2D eigenvalue weighted by molar-refractivity contribution is -0.120. The van der Waals surface area contributed by atoms with Gasteiger partial charge in [-0.15, -0.1) is 11.3 Å². The van der Waals surface area contributed by atoms with Crippen molar-refractivity contribution in [2.24, 2.45) is 5.73 Å². The molecular formula is C18H16N4OS. The Morgan fingerprint density at radius 1 is 1.25 bits per heavy atom. The summed E-state index contributed by atoms with van der Waals surface area (Å²) in [6.45, 7) is 0.591. The molecule has 1 heterocycles. The van der Waals surface area contributed by atoms with E-state index in [4.69, 9.17) is 11.0 Å². The second kappa shape index (κ2) is 7.21. The predicted octanol–water partition coefficient (Wildman–Crippen LogP) is 2.53. The average molecular weight is 336 g/mol. The molecule has 2 aromatic carbocycles. The average Bonchev–Trinajstić information content (AvgIpc) is 3.01. The minimum Gasteiger partial charge on any atom is -0.368 e. The molecule has 1 aromatic heterocycles. The van der Waals surface area contributed by atoms with E-state index in [2.05, 4.69) is 16.4 Å². The number of nitrogens with zero attached hydrogens (tertiary/aromatic N) is 2. The molecule has 3 rings (SSSR count). The topological polar surface area (TPSA) is 91.8 Å². The number of carbonyl (C=O) groups excluding carboxylic acids is 1. The molecule has 1 amide bonds. The van der Waals surface area contributed by atoms with Crippen LogP contribution in [0.2, 0.25) is 0 Å². The summed E-state index contributed by atoms with van der Waals surface area (Å²) in [5.74, 6) is -0.441. The Morgan fingerprint density at radius 3 is 2.67 bits per heavy atom.